The van der Waals surface area contributed by atoms with E-state index in [-0.39, 0.29) is 11.1 Å². The molecule has 0 amide bonds. The molecule has 6 N–H and O–H groups in total. The smallest absolute Gasteiger partial charge is 0.336 e. The van der Waals surface area contributed by atoms with Crippen molar-refractivity contribution in [1.29, 1.82) is 0 Å². The summed E-state index contributed by atoms with van der Waals surface area (Å²) in [6.45, 7) is 0. The molecule has 2 aromatic carbocycles. The monoisotopic (exact) mass is 274 g/mol. The number of anilines is 2. The number of rotatable bonds is 2. The number of nitrogens with two attached hydrogens (primary N) is 2. The van der Waals surface area contributed by atoms with Crippen molar-refractivity contribution >= 4 is 23.3 Å². The number of benzene rings is 2. The summed E-state index contributed by atoms with van der Waals surface area (Å²) >= 11 is 0. The second-order valence-corrected chi connectivity index (χ2v) is 3.78. The van der Waals surface area contributed by atoms with Gasteiger partial charge in [0.05, 0.1) is 22.5 Å². The highest BCUT2D eigenvalue weighted by Crippen LogP contribution is 2.10. The molecule has 0 aliphatic carbocycles. The molecule has 0 aliphatic rings. The van der Waals surface area contributed by atoms with Crippen LogP contribution in [0.5, 0.6) is 0 Å². The van der Waals surface area contributed by atoms with Crippen molar-refractivity contribution < 1.29 is 19.8 Å². The maximum absolute atomic E-state index is 10.5. The Morgan fingerprint density at radius 2 is 1.00 bits per heavy atom. The molecule has 0 atom stereocenters. The standard InChI is InChI=1S/C8H6O4.C6H8N2/c9-7(10)5-3-1-2-4-6(5)8(11)12;7-5-3-1-2-4-6(5)8/h1-4H,(H,9,10)(H,11,12);1-4H,7-8H2. The highest BCUT2D eigenvalue weighted by atomic mass is 16.4. The summed E-state index contributed by atoms with van der Waals surface area (Å²) in [5.41, 5.74) is 11.7. The molecule has 0 saturated heterocycles. The zero-order valence-electron chi connectivity index (χ0n) is 10.5. The van der Waals surface area contributed by atoms with Crippen LogP contribution < -0.4 is 11.5 Å². The molecule has 0 heterocycles. The molecule has 0 radical (unpaired) electrons. The molecular formula is C14H14N2O4. The molecule has 104 valence electrons. The Kier molecular flexibility index (Phi) is 5.11. The number of aromatic carboxylic acids is 2. The molecule has 0 saturated carbocycles. The van der Waals surface area contributed by atoms with E-state index in [0.717, 1.165) is 0 Å². The van der Waals surface area contributed by atoms with Crippen LogP contribution in [0, 0.1) is 0 Å². The molecular weight excluding hydrogens is 260 g/mol. The normalized spacial score (nSPS) is 9.20. The first-order chi connectivity index (χ1) is 9.43. The maximum atomic E-state index is 10.5. The molecule has 2 aromatic rings. The number of carboxylic acid groups (broad SMARTS) is 2. The van der Waals surface area contributed by atoms with Gasteiger partial charge >= 0.3 is 11.9 Å². The van der Waals surface area contributed by atoms with Gasteiger partial charge in [-0.2, -0.15) is 0 Å². The minimum Gasteiger partial charge on any atom is -0.478 e. The van der Waals surface area contributed by atoms with Gasteiger partial charge in [0.15, 0.2) is 0 Å². The molecule has 0 spiro atoms. The van der Waals surface area contributed by atoms with Crippen LogP contribution in [0.25, 0.3) is 0 Å². The lowest BCUT2D eigenvalue weighted by molar-refractivity contribution is 0.0651. The van der Waals surface area contributed by atoms with Crippen LogP contribution in [-0.4, -0.2) is 22.2 Å². The third-order valence-corrected chi connectivity index (χ3v) is 2.38. The number of carboxylic acids is 2. The Morgan fingerprint density at radius 3 is 1.25 bits per heavy atom. The third kappa shape index (κ3) is 4.02. The fraction of sp³-hybridized carbons (Fsp3) is 0. The second-order valence-electron chi connectivity index (χ2n) is 3.78. The molecule has 6 nitrogen and oxygen atoms in total. The average Bonchev–Trinajstić information content (AvgIpc) is 2.43. The third-order valence-electron chi connectivity index (χ3n) is 2.38. The molecule has 2 rings (SSSR count). The van der Waals surface area contributed by atoms with E-state index in [9.17, 15) is 9.59 Å². The van der Waals surface area contributed by atoms with Crippen molar-refractivity contribution in [2.75, 3.05) is 11.5 Å². The van der Waals surface area contributed by atoms with Gasteiger partial charge in [0.25, 0.3) is 0 Å². The van der Waals surface area contributed by atoms with Crippen molar-refractivity contribution in [3.05, 3.63) is 59.7 Å². The molecule has 20 heavy (non-hydrogen) atoms. The van der Waals surface area contributed by atoms with E-state index in [1.54, 1.807) is 12.1 Å². The Bertz CT molecular complexity index is 572. The predicted octanol–water partition coefficient (Wildman–Crippen LogP) is 1.93. The summed E-state index contributed by atoms with van der Waals surface area (Å²) in [4.78, 5) is 20.9. The van der Waals surface area contributed by atoms with Crippen LogP contribution in [0.15, 0.2) is 48.5 Å². The highest BCUT2D eigenvalue weighted by Gasteiger charge is 2.13. The molecule has 6 heteroatoms. The zero-order chi connectivity index (χ0) is 15.1. The lowest BCUT2D eigenvalue weighted by Gasteiger charge is -1.98. The summed E-state index contributed by atoms with van der Waals surface area (Å²) in [5, 5.41) is 17.1. The van der Waals surface area contributed by atoms with E-state index >= 15 is 0 Å². The van der Waals surface area contributed by atoms with Gasteiger partial charge in [-0.25, -0.2) is 9.59 Å². The van der Waals surface area contributed by atoms with Gasteiger partial charge in [-0.3, -0.25) is 0 Å². The lowest BCUT2D eigenvalue weighted by atomic mass is 10.1. The van der Waals surface area contributed by atoms with Gasteiger partial charge in [-0.15, -0.1) is 0 Å². The van der Waals surface area contributed by atoms with Gasteiger partial charge < -0.3 is 21.7 Å². The topological polar surface area (TPSA) is 127 Å². The first-order valence-electron chi connectivity index (χ1n) is 5.59. The quantitative estimate of drug-likeness (QED) is 0.620. The first-order valence-corrected chi connectivity index (χ1v) is 5.59. The fourth-order valence-corrected chi connectivity index (χ4v) is 1.37. The predicted molar refractivity (Wildman–Crippen MR) is 75.6 cm³/mol. The van der Waals surface area contributed by atoms with Crippen molar-refractivity contribution in [1.82, 2.24) is 0 Å². The summed E-state index contributed by atoms with van der Waals surface area (Å²) in [7, 11) is 0. The molecule has 0 bridgehead atoms. The van der Waals surface area contributed by atoms with Gasteiger partial charge in [0.2, 0.25) is 0 Å². The molecule has 0 aromatic heterocycles. The van der Waals surface area contributed by atoms with E-state index in [1.165, 1.54) is 24.3 Å². The van der Waals surface area contributed by atoms with Gasteiger partial charge in [0.1, 0.15) is 0 Å². The van der Waals surface area contributed by atoms with Crippen LogP contribution in [0.3, 0.4) is 0 Å². The van der Waals surface area contributed by atoms with Crippen molar-refractivity contribution in [2.24, 2.45) is 0 Å². The number of hydrogen-bond donors (Lipinski definition) is 4. The Balaban J connectivity index is 0.000000217. The van der Waals surface area contributed by atoms with Crippen LogP contribution in [0.4, 0.5) is 11.4 Å². The van der Waals surface area contributed by atoms with Crippen LogP contribution >= 0.6 is 0 Å². The van der Waals surface area contributed by atoms with E-state index in [0.29, 0.717) is 11.4 Å². The first kappa shape index (κ1) is 15.0. The largest absolute Gasteiger partial charge is 0.478 e. The van der Waals surface area contributed by atoms with Crippen molar-refractivity contribution in [2.45, 2.75) is 0 Å². The Morgan fingerprint density at radius 1 is 0.700 bits per heavy atom. The lowest BCUT2D eigenvalue weighted by Crippen LogP contribution is -2.06. The average molecular weight is 274 g/mol. The summed E-state index contributed by atoms with van der Waals surface area (Å²) < 4.78 is 0. The summed E-state index contributed by atoms with van der Waals surface area (Å²) in [5.74, 6) is -2.46. The van der Waals surface area contributed by atoms with Crippen molar-refractivity contribution in [3.63, 3.8) is 0 Å². The van der Waals surface area contributed by atoms with Crippen LogP contribution in [0.1, 0.15) is 20.7 Å². The minimum atomic E-state index is -1.23. The molecule has 0 fully saturated rings. The molecule has 0 unspecified atom stereocenters. The zero-order valence-corrected chi connectivity index (χ0v) is 10.5. The van der Waals surface area contributed by atoms with Crippen molar-refractivity contribution in [3.8, 4) is 0 Å². The molecule has 0 aliphatic heterocycles. The van der Waals surface area contributed by atoms with E-state index in [4.69, 9.17) is 21.7 Å². The highest BCUT2D eigenvalue weighted by molar-refractivity contribution is 6.01. The number of hydrogen-bond acceptors (Lipinski definition) is 4. The van der Waals surface area contributed by atoms with E-state index in [1.807, 2.05) is 12.1 Å². The van der Waals surface area contributed by atoms with Gasteiger partial charge in [-0.05, 0) is 24.3 Å². The number of para-hydroxylation sites is 2. The number of nitrogen functional groups attached to an aromatic ring is 2. The maximum Gasteiger partial charge on any atom is 0.336 e. The van der Waals surface area contributed by atoms with Gasteiger partial charge in [0, 0.05) is 0 Å². The second kappa shape index (κ2) is 6.79. The van der Waals surface area contributed by atoms with Crippen LogP contribution in [0.2, 0.25) is 0 Å². The van der Waals surface area contributed by atoms with E-state index < -0.39 is 11.9 Å². The van der Waals surface area contributed by atoms with Crippen LogP contribution in [-0.2, 0) is 0 Å². The number of carbonyl (C=O) groups is 2. The van der Waals surface area contributed by atoms with E-state index in [2.05, 4.69) is 0 Å². The fourth-order valence-electron chi connectivity index (χ4n) is 1.37. The Labute approximate surface area is 115 Å². The minimum absolute atomic E-state index is 0.190. The summed E-state index contributed by atoms with van der Waals surface area (Å²) in [6.07, 6.45) is 0. The Hall–Kier alpha value is -3.02. The summed E-state index contributed by atoms with van der Waals surface area (Å²) in [6, 6.07) is 12.7. The SMILES string of the molecule is Nc1ccccc1N.O=C(O)c1ccccc1C(=O)O. The van der Waals surface area contributed by atoms with Gasteiger partial charge in [-0.1, -0.05) is 24.3 Å².